The van der Waals surface area contributed by atoms with Gasteiger partial charge in [-0.15, -0.1) is 5.10 Å². The van der Waals surface area contributed by atoms with Gasteiger partial charge in [0, 0.05) is 12.6 Å². The van der Waals surface area contributed by atoms with E-state index in [-0.39, 0.29) is 12.1 Å². The topological polar surface area (TPSA) is 24.8 Å². The van der Waals surface area contributed by atoms with Crippen LogP contribution in [-0.2, 0) is 4.74 Å². The van der Waals surface area contributed by atoms with Crippen molar-refractivity contribution in [3.05, 3.63) is 70.8 Å². The molecule has 0 aromatic heterocycles. The minimum absolute atomic E-state index is 0.0143. The van der Waals surface area contributed by atoms with Crippen LogP contribution >= 0.6 is 0 Å². The molecule has 3 rings (SSSR count). The Kier molecular flexibility index (Phi) is 3.88. The summed E-state index contributed by atoms with van der Waals surface area (Å²) in [5.41, 5.74) is 4.66. The first-order valence-electron chi connectivity index (χ1n) is 7.66. The Morgan fingerprint density at radius 1 is 1.00 bits per heavy atom. The number of hydrogen-bond acceptors (Lipinski definition) is 3. The van der Waals surface area contributed by atoms with E-state index in [1.165, 1.54) is 16.7 Å². The fourth-order valence-corrected chi connectivity index (χ4v) is 2.89. The Bertz CT molecular complexity index is 674. The highest BCUT2D eigenvalue weighted by atomic mass is 16.5. The Hall–Kier alpha value is -2.29. The number of likely N-dealkylation sites (N-methyl/N-ethyl adjacent to an activating group) is 1. The van der Waals surface area contributed by atoms with Crippen LogP contribution in [0.1, 0.15) is 35.3 Å². The van der Waals surface area contributed by atoms with Gasteiger partial charge in [0.1, 0.15) is 6.10 Å². The fraction of sp³-hybridized carbons (Fsp3) is 0.316. The predicted molar refractivity (Wildman–Crippen MR) is 89.9 cm³/mol. The fourth-order valence-electron chi connectivity index (χ4n) is 2.89. The third kappa shape index (κ3) is 2.84. The number of nitrogens with zero attached hydrogens (tertiary/aromatic N) is 2. The zero-order valence-corrected chi connectivity index (χ0v) is 13.6. The molecule has 1 aliphatic rings. The Balaban J connectivity index is 1.97. The number of aryl methyl sites for hydroxylation is 2. The molecule has 2 aromatic carbocycles. The molecule has 0 bridgehead atoms. The lowest BCUT2D eigenvalue weighted by Gasteiger charge is -2.36. The lowest BCUT2D eigenvalue weighted by Crippen LogP contribution is -2.39. The second-order valence-corrected chi connectivity index (χ2v) is 6.04. The van der Waals surface area contributed by atoms with Crippen LogP contribution in [0.15, 0.2) is 53.6 Å². The molecule has 0 N–H and O–H groups in total. The van der Waals surface area contributed by atoms with Crippen molar-refractivity contribution in [1.29, 1.82) is 0 Å². The maximum Gasteiger partial charge on any atom is 0.238 e. The van der Waals surface area contributed by atoms with Gasteiger partial charge in [-0.25, -0.2) is 0 Å². The summed E-state index contributed by atoms with van der Waals surface area (Å²) in [5, 5.41) is 6.61. The van der Waals surface area contributed by atoms with Crippen molar-refractivity contribution in [2.45, 2.75) is 32.9 Å². The standard InChI is InChI=1S/C19H22N2O/c1-13-10-14(2)12-17(11-13)19-20-21(4)15(3)18(22-19)16-8-6-5-7-9-16/h5-12,15,18H,1-4H3/t15-,18-/m1/s1. The summed E-state index contributed by atoms with van der Waals surface area (Å²) in [6.45, 7) is 6.33. The maximum absolute atomic E-state index is 6.26. The summed E-state index contributed by atoms with van der Waals surface area (Å²) in [6, 6.07) is 16.9. The van der Waals surface area contributed by atoms with Crippen molar-refractivity contribution in [2.24, 2.45) is 5.10 Å². The van der Waals surface area contributed by atoms with Crippen LogP contribution in [0.5, 0.6) is 0 Å². The number of rotatable bonds is 2. The van der Waals surface area contributed by atoms with Crippen molar-refractivity contribution < 1.29 is 4.74 Å². The molecular weight excluding hydrogens is 272 g/mol. The van der Waals surface area contributed by atoms with Crippen LogP contribution in [0.25, 0.3) is 0 Å². The minimum atomic E-state index is -0.0143. The van der Waals surface area contributed by atoms with Gasteiger partial charge in [-0.05, 0) is 38.5 Å². The molecule has 0 spiro atoms. The molecule has 0 radical (unpaired) electrons. The molecule has 0 saturated carbocycles. The van der Waals surface area contributed by atoms with Gasteiger partial charge >= 0.3 is 0 Å². The average Bonchev–Trinajstić information content (AvgIpc) is 2.49. The van der Waals surface area contributed by atoms with Crippen molar-refractivity contribution in [2.75, 3.05) is 7.05 Å². The average molecular weight is 294 g/mol. The molecule has 3 heteroatoms. The zero-order valence-electron chi connectivity index (χ0n) is 13.6. The molecule has 0 saturated heterocycles. The number of ether oxygens (including phenoxy) is 1. The molecule has 3 nitrogen and oxygen atoms in total. The molecule has 22 heavy (non-hydrogen) atoms. The molecular formula is C19H22N2O. The molecule has 0 aliphatic carbocycles. The highest BCUT2D eigenvalue weighted by Crippen LogP contribution is 2.30. The molecule has 2 aromatic rings. The Morgan fingerprint density at radius 3 is 2.27 bits per heavy atom. The molecule has 0 fully saturated rings. The zero-order chi connectivity index (χ0) is 15.7. The van der Waals surface area contributed by atoms with E-state index in [9.17, 15) is 0 Å². The van der Waals surface area contributed by atoms with Crippen LogP contribution in [0.3, 0.4) is 0 Å². The minimum Gasteiger partial charge on any atom is -0.466 e. The van der Waals surface area contributed by atoms with Crippen LogP contribution in [0.4, 0.5) is 0 Å². The summed E-state index contributed by atoms with van der Waals surface area (Å²) < 4.78 is 6.26. The quantitative estimate of drug-likeness (QED) is 0.834. The Morgan fingerprint density at radius 2 is 1.64 bits per heavy atom. The second kappa shape index (κ2) is 5.84. The van der Waals surface area contributed by atoms with Crippen molar-refractivity contribution >= 4 is 5.90 Å². The molecule has 2 atom stereocenters. The van der Waals surface area contributed by atoms with Crippen LogP contribution in [-0.4, -0.2) is 24.0 Å². The predicted octanol–water partition coefficient (Wildman–Crippen LogP) is 4.06. The van der Waals surface area contributed by atoms with Gasteiger partial charge in [-0.2, -0.15) is 0 Å². The first kappa shape index (κ1) is 14.6. The van der Waals surface area contributed by atoms with Gasteiger partial charge in [0.2, 0.25) is 5.90 Å². The smallest absolute Gasteiger partial charge is 0.238 e. The molecule has 0 amide bonds. The van der Waals surface area contributed by atoms with E-state index in [4.69, 9.17) is 4.74 Å². The van der Waals surface area contributed by atoms with Crippen LogP contribution < -0.4 is 0 Å². The van der Waals surface area contributed by atoms with E-state index < -0.39 is 0 Å². The normalized spacial score (nSPS) is 21.3. The largest absolute Gasteiger partial charge is 0.466 e. The number of hydrazone groups is 1. The number of benzene rings is 2. The number of hydrogen-bond donors (Lipinski definition) is 0. The van der Waals surface area contributed by atoms with Crippen LogP contribution in [0, 0.1) is 13.8 Å². The van der Waals surface area contributed by atoms with Crippen LogP contribution in [0.2, 0.25) is 0 Å². The van der Waals surface area contributed by atoms with E-state index in [1.54, 1.807) is 0 Å². The van der Waals surface area contributed by atoms with E-state index >= 15 is 0 Å². The van der Waals surface area contributed by atoms with Gasteiger partial charge in [0.05, 0.1) is 6.04 Å². The molecule has 0 unspecified atom stereocenters. The maximum atomic E-state index is 6.26. The summed E-state index contributed by atoms with van der Waals surface area (Å²) in [5.74, 6) is 0.696. The summed E-state index contributed by atoms with van der Waals surface area (Å²) >= 11 is 0. The van der Waals surface area contributed by atoms with Gasteiger partial charge in [0.15, 0.2) is 0 Å². The van der Waals surface area contributed by atoms with E-state index in [0.29, 0.717) is 5.90 Å². The van der Waals surface area contributed by atoms with E-state index in [1.807, 2.05) is 30.3 Å². The van der Waals surface area contributed by atoms with E-state index in [2.05, 4.69) is 56.2 Å². The van der Waals surface area contributed by atoms with Gasteiger partial charge in [-0.1, -0.05) is 47.5 Å². The van der Waals surface area contributed by atoms with Gasteiger partial charge < -0.3 is 4.74 Å². The SMILES string of the molecule is Cc1cc(C)cc(C2=NN(C)[C@H](C)[C@H](c3ccccc3)O2)c1. The molecule has 114 valence electrons. The first-order chi connectivity index (χ1) is 10.5. The molecule has 1 heterocycles. The van der Waals surface area contributed by atoms with Crippen molar-refractivity contribution in [3.8, 4) is 0 Å². The summed E-state index contributed by atoms with van der Waals surface area (Å²) in [7, 11) is 2.01. The highest BCUT2D eigenvalue weighted by molar-refractivity contribution is 5.94. The Labute approximate surface area is 132 Å². The lowest BCUT2D eigenvalue weighted by atomic mass is 10.0. The van der Waals surface area contributed by atoms with E-state index in [0.717, 1.165) is 5.56 Å². The van der Waals surface area contributed by atoms with Gasteiger partial charge in [-0.3, -0.25) is 5.01 Å². The first-order valence-corrected chi connectivity index (χ1v) is 7.66. The second-order valence-electron chi connectivity index (χ2n) is 6.04. The van der Waals surface area contributed by atoms with Crippen molar-refractivity contribution in [3.63, 3.8) is 0 Å². The lowest BCUT2D eigenvalue weighted by molar-refractivity contribution is 0.0532. The highest BCUT2D eigenvalue weighted by Gasteiger charge is 2.30. The summed E-state index contributed by atoms with van der Waals surface area (Å²) in [6.07, 6.45) is -0.0143. The third-order valence-electron chi connectivity index (χ3n) is 4.11. The van der Waals surface area contributed by atoms with Gasteiger partial charge in [0.25, 0.3) is 0 Å². The molecule has 1 aliphatic heterocycles. The monoisotopic (exact) mass is 294 g/mol. The third-order valence-corrected chi connectivity index (χ3v) is 4.11. The summed E-state index contributed by atoms with van der Waals surface area (Å²) in [4.78, 5) is 0. The van der Waals surface area contributed by atoms with Crippen molar-refractivity contribution in [1.82, 2.24) is 5.01 Å².